The number of rotatable bonds is 4. The highest BCUT2D eigenvalue weighted by atomic mass is 16.6. The van der Waals surface area contributed by atoms with Gasteiger partial charge in [0.2, 0.25) is 0 Å². The number of nitrogens with one attached hydrogen (secondary N) is 1. The van der Waals surface area contributed by atoms with Crippen LogP contribution in [0.3, 0.4) is 0 Å². The Bertz CT molecular complexity index is 431. The minimum atomic E-state index is -0.416. The molecule has 6 nitrogen and oxygen atoms in total. The lowest BCUT2D eigenvalue weighted by molar-refractivity contribution is -0.385. The Kier molecular flexibility index (Phi) is 4.09. The molecule has 1 aromatic heterocycles. The molecule has 1 saturated heterocycles. The van der Waals surface area contributed by atoms with Gasteiger partial charge < -0.3 is 10.1 Å². The monoisotopic (exact) mass is 251 g/mol. The highest BCUT2D eigenvalue weighted by Gasteiger charge is 2.15. The Morgan fingerprint density at radius 3 is 3.11 bits per heavy atom. The molecule has 18 heavy (non-hydrogen) atoms. The van der Waals surface area contributed by atoms with Gasteiger partial charge >= 0.3 is 0 Å². The van der Waals surface area contributed by atoms with Crippen molar-refractivity contribution in [1.82, 2.24) is 4.98 Å². The lowest BCUT2D eigenvalue weighted by Crippen LogP contribution is -2.24. The van der Waals surface area contributed by atoms with Crippen molar-refractivity contribution in [1.29, 1.82) is 0 Å². The van der Waals surface area contributed by atoms with Gasteiger partial charge in [0.1, 0.15) is 12.0 Å². The molecule has 2 heterocycles. The molecule has 1 aliphatic heterocycles. The lowest BCUT2D eigenvalue weighted by Gasteiger charge is -2.22. The van der Waals surface area contributed by atoms with E-state index in [1.165, 1.54) is 6.20 Å². The molecule has 1 unspecified atom stereocenters. The maximum Gasteiger partial charge on any atom is 0.290 e. The van der Waals surface area contributed by atoms with E-state index < -0.39 is 4.92 Å². The van der Waals surface area contributed by atoms with Crippen LogP contribution in [0.2, 0.25) is 0 Å². The first kappa shape index (κ1) is 12.8. The molecule has 0 radical (unpaired) electrons. The largest absolute Gasteiger partial charge is 0.381 e. The van der Waals surface area contributed by atoms with Crippen LogP contribution in [0.15, 0.2) is 12.3 Å². The SMILES string of the molecule is Cc1cc(NCC2CCCOC2)ncc1[N+](=O)[O-]. The topological polar surface area (TPSA) is 77.3 Å². The number of nitrogens with zero attached hydrogens (tertiary/aromatic N) is 2. The van der Waals surface area contributed by atoms with Crippen molar-refractivity contribution < 1.29 is 9.66 Å². The molecule has 0 aromatic carbocycles. The first-order chi connectivity index (χ1) is 8.66. The van der Waals surface area contributed by atoms with E-state index in [1.54, 1.807) is 13.0 Å². The minimum Gasteiger partial charge on any atom is -0.381 e. The van der Waals surface area contributed by atoms with E-state index in [1.807, 2.05) is 0 Å². The van der Waals surface area contributed by atoms with Crippen molar-refractivity contribution in [3.8, 4) is 0 Å². The van der Waals surface area contributed by atoms with Crippen LogP contribution in [0.5, 0.6) is 0 Å². The third-order valence-electron chi connectivity index (χ3n) is 3.11. The normalized spacial score (nSPS) is 19.5. The fourth-order valence-electron chi connectivity index (χ4n) is 2.05. The second kappa shape index (κ2) is 5.77. The van der Waals surface area contributed by atoms with E-state index in [-0.39, 0.29) is 5.69 Å². The fourth-order valence-corrected chi connectivity index (χ4v) is 2.05. The van der Waals surface area contributed by atoms with Crippen molar-refractivity contribution in [2.75, 3.05) is 25.1 Å². The first-order valence-corrected chi connectivity index (χ1v) is 6.09. The molecule has 0 bridgehead atoms. The Morgan fingerprint density at radius 2 is 2.50 bits per heavy atom. The van der Waals surface area contributed by atoms with Crippen molar-refractivity contribution in [2.45, 2.75) is 19.8 Å². The minimum absolute atomic E-state index is 0.0570. The Hall–Kier alpha value is -1.69. The molecule has 0 spiro atoms. The van der Waals surface area contributed by atoms with E-state index in [4.69, 9.17) is 4.74 Å². The average molecular weight is 251 g/mol. The Labute approximate surface area is 106 Å². The molecule has 1 aromatic rings. The number of aryl methyl sites for hydroxylation is 1. The van der Waals surface area contributed by atoms with Gasteiger partial charge in [0.25, 0.3) is 5.69 Å². The molecule has 6 heteroatoms. The summed E-state index contributed by atoms with van der Waals surface area (Å²) in [6.07, 6.45) is 3.55. The molecular formula is C12H17N3O3. The number of hydrogen-bond acceptors (Lipinski definition) is 5. The van der Waals surface area contributed by atoms with Crippen LogP contribution in [-0.2, 0) is 4.74 Å². The third-order valence-corrected chi connectivity index (χ3v) is 3.11. The van der Waals surface area contributed by atoms with Gasteiger partial charge in [-0.3, -0.25) is 10.1 Å². The Balaban J connectivity index is 1.93. The second-order valence-corrected chi connectivity index (χ2v) is 4.58. The number of anilines is 1. The maximum absolute atomic E-state index is 10.7. The average Bonchev–Trinajstić information content (AvgIpc) is 2.37. The van der Waals surface area contributed by atoms with Crippen LogP contribution < -0.4 is 5.32 Å². The standard InChI is InChI=1S/C12H17N3O3/c1-9-5-12(14-7-11(9)15(16)17)13-6-10-3-2-4-18-8-10/h5,7,10H,2-4,6,8H2,1H3,(H,13,14). The summed E-state index contributed by atoms with van der Waals surface area (Å²) >= 11 is 0. The van der Waals surface area contributed by atoms with E-state index >= 15 is 0 Å². The van der Waals surface area contributed by atoms with E-state index in [9.17, 15) is 10.1 Å². The van der Waals surface area contributed by atoms with Crippen molar-refractivity contribution >= 4 is 11.5 Å². The summed E-state index contributed by atoms with van der Waals surface area (Å²) in [6, 6.07) is 1.71. The zero-order valence-electron chi connectivity index (χ0n) is 10.4. The molecule has 98 valence electrons. The third kappa shape index (κ3) is 3.16. The van der Waals surface area contributed by atoms with Gasteiger partial charge in [-0.1, -0.05) is 0 Å². The van der Waals surface area contributed by atoms with Crippen LogP contribution in [0.4, 0.5) is 11.5 Å². The van der Waals surface area contributed by atoms with Crippen LogP contribution in [0.1, 0.15) is 18.4 Å². The zero-order chi connectivity index (χ0) is 13.0. The highest BCUT2D eigenvalue weighted by molar-refractivity contribution is 5.46. The molecule has 2 rings (SSSR count). The first-order valence-electron chi connectivity index (χ1n) is 6.09. The zero-order valence-corrected chi connectivity index (χ0v) is 10.4. The number of hydrogen-bond donors (Lipinski definition) is 1. The number of aromatic nitrogens is 1. The van der Waals surface area contributed by atoms with Gasteiger partial charge in [-0.2, -0.15) is 0 Å². The summed E-state index contributed by atoms with van der Waals surface area (Å²) < 4.78 is 5.40. The molecule has 1 N–H and O–H groups in total. The van der Waals surface area contributed by atoms with Crippen molar-refractivity contribution in [3.63, 3.8) is 0 Å². The molecule has 0 aliphatic carbocycles. The van der Waals surface area contributed by atoms with Crippen LogP contribution in [0.25, 0.3) is 0 Å². The smallest absolute Gasteiger partial charge is 0.290 e. The number of nitro groups is 1. The van der Waals surface area contributed by atoms with E-state index in [0.29, 0.717) is 17.3 Å². The summed E-state index contributed by atoms with van der Waals surface area (Å²) in [5.74, 6) is 1.18. The summed E-state index contributed by atoms with van der Waals surface area (Å²) in [5.41, 5.74) is 0.680. The fraction of sp³-hybridized carbons (Fsp3) is 0.583. The molecule has 1 aliphatic rings. The highest BCUT2D eigenvalue weighted by Crippen LogP contribution is 2.20. The second-order valence-electron chi connectivity index (χ2n) is 4.58. The van der Waals surface area contributed by atoms with Crippen molar-refractivity contribution in [3.05, 3.63) is 27.9 Å². The van der Waals surface area contributed by atoms with Crippen LogP contribution in [0, 0.1) is 23.0 Å². The predicted octanol–water partition coefficient (Wildman–Crippen LogP) is 2.14. The Morgan fingerprint density at radius 1 is 1.67 bits per heavy atom. The molecule has 1 fully saturated rings. The maximum atomic E-state index is 10.7. The molecule has 0 saturated carbocycles. The van der Waals surface area contributed by atoms with Gasteiger partial charge in [0.15, 0.2) is 0 Å². The summed E-state index contributed by atoms with van der Waals surface area (Å²) in [7, 11) is 0. The van der Waals surface area contributed by atoms with Crippen LogP contribution in [-0.4, -0.2) is 29.7 Å². The van der Waals surface area contributed by atoms with E-state index in [2.05, 4.69) is 10.3 Å². The predicted molar refractivity (Wildman–Crippen MR) is 67.7 cm³/mol. The van der Waals surface area contributed by atoms with E-state index in [0.717, 1.165) is 32.6 Å². The summed E-state index contributed by atoms with van der Waals surface area (Å²) in [5, 5.41) is 13.9. The molecule has 0 amide bonds. The number of pyridine rings is 1. The lowest BCUT2D eigenvalue weighted by atomic mass is 10.0. The van der Waals surface area contributed by atoms with Gasteiger partial charge in [-0.05, 0) is 31.7 Å². The van der Waals surface area contributed by atoms with Crippen LogP contribution >= 0.6 is 0 Å². The molecule has 1 atom stereocenters. The van der Waals surface area contributed by atoms with Crippen molar-refractivity contribution in [2.24, 2.45) is 5.92 Å². The van der Waals surface area contributed by atoms with Gasteiger partial charge in [-0.25, -0.2) is 4.98 Å². The van der Waals surface area contributed by atoms with Gasteiger partial charge in [0.05, 0.1) is 11.5 Å². The summed E-state index contributed by atoms with van der Waals surface area (Å²) in [4.78, 5) is 14.3. The summed E-state index contributed by atoms with van der Waals surface area (Å²) in [6.45, 7) is 4.14. The van der Waals surface area contributed by atoms with Gasteiger partial charge in [0, 0.05) is 18.7 Å². The quantitative estimate of drug-likeness (QED) is 0.655. The van der Waals surface area contributed by atoms with Gasteiger partial charge in [-0.15, -0.1) is 0 Å². The number of ether oxygens (including phenoxy) is 1. The molecular weight excluding hydrogens is 234 g/mol.